The Morgan fingerprint density at radius 3 is 3.23 bits per heavy atom. The second kappa shape index (κ2) is 7.19. The molecule has 0 aliphatic carbocycles. The van der Waals surface area contributed by atoms with Crippen LogP contribution >= 0.6 is 0 Å². The highest BCUT2D eigenvalue weighted by molar-refractivity contribution is 5.86. The molecule has 0 saturated heterocycles. The van der Waals surface area contributed by atoms with E-state index in [2.05, 4.69) is 62.0 Å². The van der Waals surface area contributed by atoms with Gasteiger partial charge in [-0.05, 0) is 30.9 Å². The van der Waals surface area contributed by atoms with Crippen LogP contribution in [-0.4, -0.2) is 45.3 Å². The zero-order chi connectivity index (χ0) is 17.9. The molecule has 3 heterocycles. The number of aryl methyl sites for hydroxylation is 2. The van der Waals surface area contributed by atoms with Crippen LogP contribution in [0.5, 0.6) is 0 Å². The summed E-state index contributed by atoms with van der Waals surface area (Å²) in [7, 11) is 1.81. The predicted octanol–water partition coefficient (Wildman–Crippen LogP) is 1.79. The lowest BCUT2D eigenvalue weighted by Crippen LogP contribution is -2.47. The van der Waals surface area contributed by atoms with Gasteiger partial charge >= 0.3 is 0 Å². The first-order valence-electron chi connectivity index (χ1n) is 9.14. The van der Waals surface area contributed by atoms with E-state index in [9.17, 15) is 0 Å². The number of aromatic nitrogens is 4. The number of guanidine groups is 1. The standard InChI is InChI=1S/C19H25N7/c1-13-4-3-5-16-14(10-22-18(13)16)8-9-21-19(20-2)25-15-6-7-17-23-12-24-26(17)11-15/h3-5,10,12,15,22H,6-9,11H2,1-2H3,(H2,20,21,25). The highest BCUT2D eigenvalue weighted by atomic mass is 15.4. The normalized spacial score (nSPS) is 17.3. The van der Waals surface area contributed by atoms with E-state index in [1.54, 1.807) is 6.33 Å². The molecular weight excluding hydrogens is 326 g/mol. The molecule has 3 N–H and O–H groups in total. The van der Waals surface area contributed by atoms with Gasteiger partial charge in [0.05, 0.1) is 6.54 Å². The van der Waals surface area contributed by atoms with E-state index < -0.39 is 0 Å². The van der Waals surface area contributed by atoms with Gasteiger partial charge in [0.1, 0.15) is 12.2 Å². The Morgan fingerprint density at radius 2 is 2.35 bits per heavy atom. The summed E-state index contributed by atoms with van der Waals surface area (Å²) in [5.74, 6) is 1.91. The molecule has 4 rings (SSSR count). The van der Waals surface area contributed by atoms with Gasteiger partial charge in [0.25, 0.3) is 0 Å². The first-order chi connectivity index (χ1) is 12.7. The van der Waals surface area contributed by atoms with Crippen LogP contribution in [0.25, 0.3) is 10.9 Å². The molecule has 1 aromatic carbocycles. The second-order valence-corrected chi connectivity index (χ2v) is 6.80. The Hall–Kier alpha value is -2.83. The average molecular weight is 351 g/mol. The largest absolute Gasteiger partial charge is 0.361 e. The summed E-state index contributed by atoms with van der Waals surface area (Å²) in [6.07, 6.45) is 6.68. The lowest BCUT2D eigenvalue weighted by Gasteiger charge is -2.25. The number of hydrogen-bond donors (Lipinski definition) is 3. The van der Waals surface area contributed by atoms with E-state index in [1.165, 1.54) is 22.0 Å². The summed E-state index contributed by atoms with van der Waals surface area (Å²) in [6.45, 7) is 3.80. The molecule has 136 valence electrons. The van der Waals surface area contributed by atoms with Gasteiger partial charge in [-0.25, -0.2) is 9.67 Å². The topological polar surface area (TPSA) is 82.9 Å². The smallest absolute Gasteiger partial charge is 0.191 e. The minimum Gasteiger partial charge on any atom is -0.361 e. The number of nitrogens with zero attached hydrogens (tertiary/aromatic N) is 4. The van der Waals surface area contributed by atoms with E-state index >= 15 is 0 Å². The van der Waals surface area contributed by atoms with Crippen molar-refractivity contribution >= 4 is 16.9 Å². The first-order valence-corrected chi connectivity index (χ1v) is 9.14. The van der Waals surface area contributed by atoms with Gasteiger partial charge in [-0.15, -0.1) is 0 Å². The van der Waals surface area contributed by atoms with Crippen LogP contribution in [0.15, 0.2) is 35.7 Å². The van der Waals surface area contributed by atoms with Crippen molar-refractivity contribution in [3.63, 3.8) is 0 Å². The Balaban J connectivity index is 1.32. The molecule has 1 aliphatic heterocycles. The van der Waals surface area contributed by atoms with Gasteiger partial charge < -0.3 is 15.6 Å². The zero-order valence-corrected chi connectivity index (χ0v) is 15.3. The minimum absolute atomic E-state index is 0.325. The maximum Gasteiger partial charge on any atom is 0.191 e. The molecule has 2 aromatic heterocycles. The molecule has 0 bridgehead atoms. The van der Waals surface area contributed by atoms with Crippen molar-refractivity contribution < 1.29 is 0 Å². The Labute approximate surface area is 152 Å². The van der Waals surface area contributed by atoms with E-state index in [0.717, 1.165) is 44.1 Å². The lowest BCUT2D eigenvalue weighted by atomic mass is 10.1. The first kappa shape index (κ1) is 16.6. The van der Waals surface area contributed by atoms with Crippen LogP contribution in [0.4, 0.5) is 0 Å². The molecule has 0 spiro atoms. The van der Waals surface area contributed by atoms with Crippen molar-refractivity contribution in [2.24, 2.45) is 4.99 Å². The van der Waals surface area contributed by atoms with Crippen molar-refractivity contribution in [3.8, 4) is 0 Å². The van der Waals surface area contributed by atoms with Gasteiger partial charge in [0, 0.05) is 43.2 Å². The lowest BCUT2D eigenvalue weighted by molar-refractivity contribution is 0.393. The number of hydrogen-bond acceptors (Lipinski definition) is 3. The van der Waals surface area contributed by atoms with Crippen molar-refractivity contribution in [2.45, 2.75) is 38.8 Å². The fraction of sp³-hybridized carbons (Fsp3) is 0.421. The second-order valence-electron chi connectivity index (χ2n) is 6.80. The average Bonchev–Trinajstić information content (AvgIpc) is 3.28. The monoisotopic (exact) mass is 351 g/mol. The molecule has 0 fully saturated rings. The molecular formula is C19H25N7. The molecule has 1 aliphatic rings. The van der Waals surface area contributed by atoms with Gasteiger partial charge in [-0.2, -0.15) is 5.10 Å². The van der Waals surface area contributed by atoms with E-state index in [0.29, 0.717) is 6.04 Å². The third-order valence-corrected chi connectivity index (χ3v) is 5.07. The van der Waals surface area contributed by atoms with Gasteiger partial charge in [-0.3, -0.25) is 4.99 Å². The number of aromatic amines is 1. The summed E-state index contributed by atoms with van der Waals surface area (Å²) < 4.78 is 1.97. The Kier molecular flexibility index (Phi) is 4.60. The fourth-order valence-electron chi connectivity index (χ4n) is 3.63. The molecule has 3 aromatic rings. The number of para-hydroxylation sites is 1. The third kappa shape index (κ3) is 3.29. The van der Waals surface area contributed by atoms with Crippen LogP contribution in [0.2, 0.25) is 0 Å². The van der Waals surface area contributed by atoms with E-state index in [4.69, 9.17) is 0 Å². The van der Waals surface area contributed by atoms with Gasteiger partial charge in [-0.1, -0.05) is 18.2 Å². The number of aliphatic imine (C=N–C) groups is 1. The fourth-order valence-corrected chi connectivity index (χ4v) is 3.63. The number of benzene rings is 1. The molecule has 1 unspecified atom stereocenters. The highest BCUT2D eigenvalue weighted by Gasteiger charge is 2.20. The van der Waals surface area contributed by atoms with Crippen molar-refractivity contribution in [1.82, 2.24) is 30.4 Å². The molecule has 7 heteroatoms. The maximum absolute atomic E-state index is 4.36. The van der Waals surface area contributed by atoms with Crippen LogP contribution in [0, 0.1) is 6.92 Å². The molecule has 7 nitrogen and oxygen atoms in total. The summed E-state index contributed by atoms with van der Waals surface area (Å²) in [5, 5.41) is 12.5. The zero-order valence-electron chi connectivity index (χ0n) is 15.3. The molecule has 26 heavy (non-hydrogen) atoms. The van der Waals surface area contributed by atoms with Crippen LogP contribution in [0.1, 0.15) is 23.4 Å². The SMILES string of the molecule is CN=C(NCCc1c[nH]c2c(C)cccc12)NC1CCc2ncnn2C1. The predicted molar refractivity (Wildman–Crippen MR) is 103 cm³/mol. The van der Waals surface area contributed by atoms with Crippen molar-refractivity contribution in [2.75, 3.05) is 13.6 Å². The maximum atomic E-state index is 4.36. The minimum atomic E-state index is 0.325. The van der Waals surface area contributed by atoms with Crippen LogP contribution in [0.3, 0.4) is 0 Å². The van der Waals surface area contributed by atoms with E-state index in [1.807, 2.05) is 11.7 Å². The van der Waals surface area contributed by atoms with E-state index in [-0.39, 0.29) is 0 Å². The van der Waals surface area contributed by atoms with Crippen LogP contribution < -0.4 is 10.6 Å². The summed E-state index contributed by atoms with van der Waals surface area (Å²) in [6, 6.07) is 6.76. The molecule has 0 saturated carbocycles. The van der Waals surface area contributed by atoms with Crippen molar-refractivity contribution in [1.29, 1.82) is 0 Å². The Bertz CT molecular complexity index is 921. The highest BCUT2D eigenvalue weighted by Crippen LogP contribution is 2.21. The summed E-state index contributed by atoms with van der Waals surface area (Å²) in [5.41, 5.74) is 3.84. The van der Waals surface area contributed by atoms with Gasteiger partial charge in [0.2, 0.25) is 0 Å². The molecule has 1 atom stereocenters. The number of rotatable bonds is 4. The third-order valence-electron chi connectivity index (χ3n) is 5.07. The summed E-state index contributed by atoms with van der Waals surface area (Å²) in [4.78, 5) is 12.0. The molecule has 0 radical (unpaired) electrons. The number of H-pyrrole nitrogens is 1. The quantitative estimate of drug-likeness (QED) is 0.494. The van der Waals surface area contributed by atoms with Crippen LogP contribution in [-0.2, 0) is 19.4 Å². The number of fused-ring (bicyclic) bond motifs is 2. The Morgan fingerprint density at radius 1 is 1.42 bits per heavy atom. The number of nitrogens with one attached hydrogen (secondary N) is 3. The van der Waals surface area contributed by atoms with Gasteiger partial charge in [0.15, 0.2) is 5.96 Å². The van der Waals surface area contributed by atoms with Crippen molar-refractivity contribution in [3.05, 3.63) is 47.7 Å². The summed E-state index contributed by atoms with van der Waals surface area (Å²) >= 11 is 0. The molecule has 0 amide bonds.